The molecule has 0 spiro atoms. The Kier molecular flexibility index (Phi) is 6.05. The smallest absolute Gasteiger partial charge is 0.221 e. The van der Waals surface area contributed by atoms with Gasteiger partial charge in [-0.3, -0.25) is 4.79 Å². The number of nitrogens with one attached hydrogen (secondary N) is 2. The monoisotopic (exact) mass is 404 g/mol. The molecule has 0 aliphatic rings. The number of benzene rings is 1. The summed E-state index contributed by atoms with van der Waals surface area (Å²) in [6.45, 7) is 3.51. The molecule has 0 aliphatic heterocycles. The molecule has 2 heterocycles. The van der Waals surface area contributed by atoms with Gasteiger partial charge in [0.15, 0.2) is 5.13 Å². The lowest BCUT2D eigenvalue weighted by molar-refractivity contribution is -0.114. The van der Waals surface area contributed by atoms with Crippen LogP contribution in [0.15, 0.2) is 48.0 Å². The summed E-state index contributed by atoms with van der Waals surface area (Å²) in [5.74, 6) is 0.686. The van der Waals surface area contributed by atoms with Crippen LogP contribution in [-0.2, 0) is 4.79 Å². The van der Waals surface area contributed by atoms with Crippen LogP contribution in [0.2, 0.25) is 0 Å². The summed E-state index contributed by atoms with van der Waals surface area (Å²) in [5.41, 5.74) is 3.72. The van der Waals surface area contributed by atoms with Gasteiger partial charge in [0.25, 0.3) is 0 Å². The highest BCUT2D eigenvalue weighted by Gasteiger charge is 2.07. The van der Waals surface area contributed by atoms with Gasteiger partial charge in [-0.25, -0.2) is 9.97 Å². The zero-order valence-electron chi connectivity index (χ0n) is 13.2. The summed E-state index contributed by atoms with van der Waals surface area (Å²) < 4.78 is 0. The number of nitrogens with zero attached hydrogens (tertiary/aromatic N) is 2. The van der Waals surface area contributed by atoms with Crippen molar-refractivity contribution in [3.63, 3.8) is 0 Å². The molecule has 7 heteroatoms. The maximum Gasteiger partial charge on any atom is 0.221 e. The largest absolute Gasteiger partial charge is 0.326 e. The first-order chi connectivity index (χ1) is 11.1. The molecular weight excluding hydrogens is 388 g/mol. The molecule has 1 amide bonds. The number of carbonyl (C=O) groups is 1. The Morgan fingerprint density at radius 1 is 1.21 bits per heavy atom. The number of pyridine rings is 1. The molecule has 124 valence electrons. The normalized spacial score (nSPS) is 9.92. The minimum absolute atomic E-state index is 0. The van der Waals surface area contributed by atoms with Gasteiger partial charge >= 0.3 is 0 Å². The van der Waals surface area contributed by atoms with Crippen LogP contribution in [0.5, 0.6) is 0 Å². The lowest BCUT2D eigenvalue weighted by Crippen LogP contribution is -2.05. The molecular formula is C17H17BrN4OS. The molecule has 3 aromatic rings. The fraction of sp³-hybridized carbons (Fsp3) is 0.118. The summed E-state index contributed by atoms with van der Waals surface area (Å²) in [6.07, 6.45) is 1.77. The molecule has 2 N–H and O–H groups in total. The summed E-state index contributed by atoms with van der Waals surface area (Å²) >= 11 is 1.52. The van der Waals surface area contributed by atoms with Gasteiger partial charge in [0.1, 0.15) is 5.82 Å². The van der Waals surface area contributed by atoms with Gasteiger partial charge < -0.3 is 10.6 Å². The van der Waals surface area contributed by atoms with Crippen LogP contribution < -0.4 is 10.6 Å². The summed E-state index contributed by atoms with van der Waals surface area (Å²) in [5, 5.41) is 8.74. The first kappa shape index (κ1) is 18.1. The molecule has 24 heavy (non-hydrogen) atoms. The Morgan fingerprint density at radius 3 is 2.79 bits per heavy atom. The number of aromatic nitrogens is 2. The lowest BCUT2D eigenvalue weighted by atomic mass is 10.1. The van der Waals surface area contributed by atoms with E-state index in [4.69, 9.17) is 0 Å². The third-order valence-corrected chi connectivity index (χ3v) is 3.89. The predicted molar refractivity (Wildman–Crippen MR) is 104 cm³/mol. The highest BCUT2D eigenvalue weighted by atomic mass is 79.9. The van der Waals surface area contributed by atoms with Gasteiger partial charge in [-0.15, -0.1) is 28.3 Å². The van der Waals surface area contributed by atoms with Crippen LogP contribution in [-0.4, -0.2) is 15.9 Å². The number of thiazole rings is 1. The highest BCUT2D eigenvalue weighted by Crippen LogP contribution is 2.28. The summed E-state index contributed by atoms with van der Waals surface area (Å²) in [7, 11) is 0. The van der Waals surface area contributed by atoms with E-state index in [1.165, 1.54) is 18.3 Å². The molecule has 0 unspecified atom stereocenters. The van der Waals surface area contributed by atoms with Crippen molar-refractivity contribution >= 4 is 50.9 Å². The van der Waals surface area contributed by atoms with Crippen LogP contribution in [0.1, 0.15) is 12.5 Å². The quantitative estimate of drug-likeness (QED) is 0.655. The van der Waals surface area contributed by atoms with Gasteiger partial charge in [0, 0.05) is 29.8 Å². The number of amides is 1. The molecule has 0 bridgehead atoms. The van der Waals surface area contributed by atoms with Crippen molar-refractivity contribution in [3.05, 3.63) is 53.5 Å². The van der Waals surface area contributed by atoms with Gasteiger partial charge in [0.2, 0.25) is 5.91 Å². The third kappa shape index (κ3) is 4.62. The van der Waals surface area contributed by atoms with E-state index in [0.29, 0.717) is 0 Å². The molecule has 0 atom stereocenters. The van der Waals surface area contributed by atoms with E-state index in [-0.39, 0.29) is 22.9 Å². The van der Waals surface area contributed by atoms with E-state index in [1.807, 2.05) is 48.7 Å². The van der Waals surface area contributed by atoms with Gasteiger partial charge in [-0.2, -0.15) is 0 Å². The van der Waals surface area contributed by atoms with E-state index in [2.05, 4.69) is 20.6 Å². The molecule has 0 saturated heterocycles. The average molecular weight is 405 g/mol. The Bertz CT molecular complexity index is 850. The van der Waals surface area contributed by atoms with Crippen molar-refractivity contribution in [2.45, 2.75) is 13.8 Å². The van der Waals surface area contributed by atoms with Gasteiger partial charge in [0.05, 0.1) is 5.69 Å². The molecule has 0 saturated carbocycles. The second-order valence-corrected chi connectivity index (χ2v) is 6.00. The first-order valence-electron chi connectivity index (χ1n) is 7.13. The summed E-state index contributed by atoms with van der Waals surface area (Å²) in [4.78, 5) is 20.0. The maximum absolute atomic E-state index is 11.2. The molecule has 0 fully saturated rings. The second kappa shape index (κ2) is 8.03. The van der Waals surface area contributed by atoms with Crippen molar-refractivity contribution in [2.24, 2.45) is 0 Å². The van der Waals surface area contributed by atoms with Crippen LogP contribution in [0, 0.1) is 6.92 Å². The van der Waals surface area contributed by atoms with Crippen molar-refractivity contribution in [3.8, 4) is 11.3 Å². The van der Waals surface area contributed by atoms with Crippen molar-refractivity contribution in [1.82, 2.24) is 9.97 Å². The molecule has 0 aliphatic carbocycles. The van der Waals surface area contributed by atoms with Crippen molar-refractivity contribution in [2.75, 3.05) is 10.6 Å². The SMILES string of the molecule is Br.CC(=O)Nc1cccc(-c2csc(Nc3cc(C)ccn3)n2)c1. The number of aryl methyl sites for hydroxylation is 1. The second-order valence-electron chi connectivity index (χ2n) is 5.14. The number of rotatable bonds is 4. The Hall–Kier alpha value is -2.25. The van der Waals surface area contributed by atoms with Crippen molar-refractivity contribution < 1.29 is 4.79 Å². The predicted octanol–water partition coefficient (Wildman–Crippen LogP) is 4.79. The summed E-state index contributed by atoms with van der Waals surface area (Å²) in [6, 6.07) is 11.5. The van der Waals surface area contributed by atoms with E-state index in [9.17, 15) is 4.79 Å². The van der Waals surface area contributed by atoms with Crippen LogP contribution in [0.3, 0.4) is 0 Å². The molecule has 5 nitrogen and oxygen atoms in total. The van der Waals surface area contributed by atoms with Crippen LogP contribution in [0.4, 0.5) is 16.6 Å². The van der Waals surface area contributed by atoms with Gasteiger partial charge in [-0.05, 0) is 36.8 Å². The number of carbonyl (C=O) groups excluding carboxylic acids is 1. The Balaban J connectivity index is 0.00000208. The number of anilines is 3. The van der Waals surface area contributed by atoms with Gasteiger partial charge in [-0.1, -0.05) is 12.1 Å². The minimum atomic E-state index is -0.0895. The number of halogens is 1. The average Bonchev–Trinajstić information content (AvgIpc) is 2.95. The fourth-order valence-electron chi connectivity index (χ4n) is 2.14. The molecule has 0 radical (unpaired) electrons. The zero-order chi connectivity index (χ0) is 16.2. The lowest BCUT2D eigenvalue weighted by Gasteiger charge is -2.04. The Morgan fingerprint density at radius 2 is 2.04 bits per heavy atom. The van der Waals surface area contributed by atoms with E-state index in [0.717, 1.165) is 33.5 Å². The highest BCUT2D eigenvalue weighted by molar-refractivity contribution is 8.93. The molecule has 1 aromatic carbocycles. The topological polar surface area (TPSA) is 66.9 Å². The van der Waals surface area contributed by atoms with Crippen LogP contribution in [0.25, 0.3) is 11.3 Å². The third-order valence-electron chi connectivity index (χ3n) is 3.13. The number of hydrogen-bond donors (Lipinski definition) is 2. The first-order valence-corrected chi connectivity index (χ1v) is 8.01. The van der Waals surface area contributed by atoms with E-state index >= 15 is 0 Å². The van der Waals surface area contributed by atoms with E-state index in [1.54, 1.807) is 6.20 Å². The van der Waals surface area contributed by atoms with E-state index < -0.39 is 0 Å². The van der Waals surface area contributed by atoms with Crippen LogP contribution >= 0.6 is 28.3 Å². The standard InChI is InChI=1S/C17H16N4OS.BrH/c1-11-6-7-18-16(8-11)21-17-20-15(10-23-17)13-4-3-5-14(9-13)19-12(2)22;/h3-10H,1-2H3,(H,19,22)(H,18,20,21);1H. The zero-order valence-corrected chi connectivity index (χ0v) is 15.8. The molecule has 3 rings (SSSR count). The minimum Gasteiger partial charge on any atom is -0.326 e. The van der Waals surface area contributed by atoms with Crippen molar-refractivity contribution in [1.29, 1.82) is 0 Å². The fourth-order valence-corrected chi connectivity index (χ4v) is 2.86. The molecule has 2 aromatic heterocycles. The number of hydrogen-bond acceptors (Lipinski definition) is 5. The Labute approximate surface area is 154 Å². The maximum atomic E-state index is 11.2.